The summed E-state index contributed by atoms with van der Waals surface area (Å²) < 4.78 is 0. The number of aromatic nitrogens is 2. The van der Waals surface area contributed by atoms with E-state index in [9.17, 15) is 4.79 Å². The number of carbonyl (C=O) groups is 1. The zero-order valence-corrected chi connectivity index (χ0v) is 21.8. The van der Waals surface area contributed by atoms with Crippen LogP contribution >= 0.6 is 23.4 Å². The number of rotatable bonds is 10. The van der Waals surface area contributed by atoms with Gasteiger partial charge in [-0.25, -0.2) is 15.4 Å². The van der Waals surface area contributed by atoms with E-state index in [4.69, 9.17) is 21.4 Å². The molecule has 0 bridgehead atoms. The Morgan fingerprint density at radius 2 is 1.83 bits per heavy atom. The van der Waals surface area contributed by atoms with Crippen molar-refractivity contribution in [3.05, 3.63) is 88.6 Å². The number of halogens is 1. The summed E-state index contributed by atoms with van der Waals surface area (Å²) in [6.45, 7) is 6.88. The Morgan fingerprint density at radius 3 is 2.56 bits per heavy atom. The van der Waals surface area contributed by atoms with Gasteiger partial charge in [-0.15, -0.1) is 0 Å². The van der Waals surface area contributed by atoms with Crippen LogP contribution in [-0.4, -0.2) is 60.1 Å². The van der Waals surface area contributed by atoms with E-state index in [1.165, 1.54) is 17.3 Å². The van der Waals surface area contributed by atoms with Crippen molar-refractivity contribution in [3.8, 4) is 0 Å². The van der Waals surface area contributed by atoms with Gasteiger partial charge in [-0.05, 0) is 30.2 Å². The Kier molecular flexibility index (Phi) is 9.75. The van der Waals surface area contributed by atoms with E-state index < -0.39 is 0 Å². The smallest absolute Gasteiger partial charge is 0.274 e. The van der Waals surface area contributed by atoms with E-state index in [1.807, 2.05) is 31.2 Å². The monoisotopic (exact) mass is 523 g/mol. The third kappa shape index (κ3) is 7.80. The minimum absolute atomic E-state index is 0.258. The van der Waals surface area contributed by atoms with Crippen molar-refractivity contribution in [2.75, 3.05) is 44.2 Å². The number of hydrogen-bond acceptors (Lipinski definition) is 7. The van der Waals surface area contributed by atoms with E-state index in [-0.39, 0.29) is 5.91 Å². The van der Waals surface area contributed by atoms with Crippen LogP contribution in [0, 0.1) is 0 Å². The first-order valence-corrected chi connectivity index (χ1v) is 13.3. The number of carbonyl (C=O) groups excluding carboxylic acids is 1. The van der Waals surface area contributed by atoms with Gasteiger partial charge in [-0.1, -0.05) is 78.0 Å². The molecule has 9 heteroatoms. The average molecular weight is 524 g/mol. The molecule has 0 atom stereocenters. The van der Waals surface area contributed by atoms with Gasteiger partial charge in [0.2, 0.25) is 0 Å². The molecule has 1 aromatic heterocycles. The van der Waals surface area contributed by atoms with Crippen LogP contribution in [0.15, 0.2) is 71.9 Å². The number of hydrogen-bond donors (Lipinski definition) is 1. The number of nitrogens with one attached hydrogen (secondary N) is 1. The number of anilines is 1. The molecule has 1 N–H and O–H groups in total. The molecule has 0 radical (unpaired) electrons. The molecule has 7 nitrogen and oxygen atoms in total. The number of thioether (sulfide) groups is 1. The Balaban J connectivity index is 1.28. The van der Waals surface area contributed by atoms with Crippen molar-refractivity contribution in [1.29, 1.82) is 0 Å². The van der Waals surface area contributed by atoms with Gasteiger partial charge in [0.05, 0.1) is 6.61 Å². The molecule has 0 unspecified atom stereocenters. The van der Waals surface area contributed by atoms with Crippen molar-refractivity contribution >= 4 is 41.2 Å². The molecule has 0 saturated carbocycles. The van der Waals surface area contributed by atoms with Crippen LogP contribution in [-0.2, 0) is 10.6 Å². The Bertz CT molecular complexity index is 1150. The first-order valence-electron chi connectivity index (χ1n) is 12.0. The first-order chi connectivity index (χ1) is 17.6. The zero-order chi connectivity index (χ0) is 25.2. The highest BCUT2D eigenvalue weighted by molar-refractivity contribution is 7.98. The maximum atomic E-state index is 12.0. The van der Waals surface area contributed by atoms with Crippen molar-refractivity contribution in [3.63, 3.8) is 0 Å². The molecule has 1 saturated heterocycles. The second kappa shape index (κ2) is 13.4. The predicted molar refractivity (Wildman–Crippen MR) is 146 cm³/mol. The quantitative estimate of drug-likeness (QED) is 0.175. The molecule has 188 valence electrons. The van der Waals surface area contributed by atoms with E-state index in [2.05, 4.69) is 56.7 Å². The van der Waals surface area contributed by atoms with Crippen molar-refractivity contribution < 1.29 is 9.63 Å². The predicted octanol–water partition coefficient (Wildman–Crippen LogP) is 4.94. The minimum Gasteiger partial charge on any atom is -0.354 e. The van der Waals surface area contributed by atoms with E-state index in [1.54, 1.807) is 12.1 Å². The molecule has 0 aliphatic carbocycles. The minimum atomic E-state index is -0.258. The fraction of sp³-hybridized carbons (Fsp3) is 0.296. The number of piperazine rings is 1. The SMILES string of the molecule is CCONC(=O)c1ccc(CSc2nc(Cl)cc(N3CCN(CC=Cc4ccccc4)CC3)n2)cc1. The molecule has 36 heavy (non-hydrogen) atoms. The van der Waals surface area contributed by atoms with Gasteiger partial charge in [0, 0.05) is 50.1 Å². The lowest BCUT2D eigenvalue weighted by Crippen LogP contribution is -2.46. The Labute approximate surface area is 221 Å². The molecule has 4 rings (SSSR count). The first kappa shape index (κ1) is 26.2. The lowest BCUT2D eigenvalue weighted by molar-refractivity contribution is 0.0364. The summed E-state index contributed by atoms with van der Waals surface area (Å²) in [6.07, 6.45) is 4.39. The van der Waals surface area contributed by atoms with Crippen LogP contribution in [0.1, 0.15) is 28.4 Å². The van der Waals surface area contributed by atoms with Crippen LogP contribution < -0.4 is 10.4 Å². The summed E-state index contributed by atoms with van der Waals surface area (Å²) in [5.41, 5.74) is 5.24. The summed E-state index contributed by atoms with van der Waals surface area (Å²) in [5, 5.41) is 1.09. The van der Waals surface area contributed by atoms with Crippen LogP contribution in [0.3, 0.4) is 0 Å². The van der Waals surface area contributed by atoms with Gasteiger partial charge in [0.1, 0.15) is 11.0 Å². The molecule has 1 fully saturated rings. The van der Waals surface area contributed by atoms with Crippen LogP contribution in [0.4, 0.5) is 5.82 Å². The van der Waals surface area contributed by atoms with Gasteiger partial charge >= 0.3 is 0 Å². The summed E-state index contributed by atoms with van der Waals surface area (Å²) >= 11 is 7.86. The molecule has 1 amide bonds. The third-order valence-corrected chi connectivity index (χ3v) is 6.84. The summed E-state index contributed by atoms with van der Waals surface area (Å²) in [7, 11) is 0. The maximum Gasteiger partial charge on any atom is 0.274 e. The molecule has 2 heterocycles. The van der Waals surface area contributed by atoms with Gasteiger partial charge in [0.15, 0.2) is 5.16 Å². The Morgan fingerprint density at radius 1 is 1.08 bits per heavy atom. The van der Waals surface area contributed by atoms with Crippen molar-refractivity contribution in [1.82, 2.24) is 20.3 Å². The Hall–Kier alpha value is -2.91. The van der Waals surface area contributed by atoms with E-state index >= 15 is 0 Å². The molecule has 2 aromatic carbocycles. The highest BCUT2D eigenvalue weighted by Crippen LogP contribution is 2.25. The second-order valence-electron chi connectivity index (χ2n) is 8.28. The fourth-order valence-electron chi connectivity index (χ4n) is 3.77. The maximum absolute atomic E-state index is 12.0. The molecule has 0 spiro atoms. The topological polar surface area (TPSA) is 70.6 Å². The number of hydroxylamine groups is 1. The average Bonchev–Trinajstić information content (AvgIpc) is 2.91. The van der Waals surface area contributed by atoms with Crippen LogP contribution in [0.2, 0.25) is 5.15 Å². The standard InChI is InChI=1S/C27H30ClN5O2S/c1-2-35-31-26(34)23-12-10-22(11-13-23)20-36-27-29-24(28)19-25(30-27)33-17-15-32(16-18-33)14-6-9-21-7-4-3-5-8-21/h3-13,19H,2,14-18,20H2,1H3,(H,31,34). The summed E-state index contributed by atoms with van der Waals surface area (Å²) in [5.74, 6) is 1.28. The number of benzene rings is 2. The van der Waals surface area contributed by atoms with Gasteiger partial charge in [-0.3, -0.25) is 14.5 Å². The fourth-order valence-corrected chi connectivity index (χ4v) is 4.81. The summed E-state index contributed by atoms with van der Waals surface area (Å²) in [6, 6.07) is 19.6. The normalized spacial score (nSPS) is 14.3. The van der Waals surface area contributed by atoms with E-state index in [0.29, 0.717) is 28.2 Å². The van der Waals surface area contributed by atoms with Gasteiger partial charge < -0.3 is 4.90 Å². The lowest BCUT2D eigenvalue weighted by atomic mass is 10.1. The van der Waals surface area contributed by atoms with Gasteiger partial charge in [0.25, 0.3) is 5.91 Å². The number of amides is 1. The highest BCUT2D eigenvalue weighted by atomic mass is 35.5. The van der Waals surface area contributed by atoms with Crippen LogP contribution in [0.25, 0.3) is 6.08 Å². The zero-order valence-electron chi connectivity index (χ0n) is 20.3. The van der Waals surface area contributed by atoms with Crippen molar-refractivity contribution in [2.45, 2.75) is 17.8 Å². The van der Waals surface area contributed by atoms with E-state index in [0.717, 1.165) is 44.1 Å². The highest BCUT2D eigenvalue weighted by Gasteiger charge is 2.18. The van der Waals surface area contributed by atoms with Crippen LogP contribution in [0.5, 0.6) is 0 Å². The lowest BCUT2D eigenvalue weighted by Gasteiger charge is -2.35. The summed E-state index contributed by atoms with van der Waals surface area (Å²) in [4.78, 5) is 30.8. The molecule has 3 aromatic rings. The largest absolute Gasteiger partial charge is 0.354 e. The molecule has 1 aliphatic rings. The molecular formula is C27H30ClN5O2S. The van der Waals surface area contributed by atoms with Crippen molar-refractivity contribution in [2.24, 2.45) is 0 Å². The molecule has 1 aliphatic heterocycles. The third-order valence-electron chi connectivity index (χ3n) is 5.72. The number of nitrogens with zero attached hydrogens (tertiary/aromatic N) is 4. The molecular weight excluding hydrogens is 494 g/mol. The second-order valence-corrected chi connectivity index (χ2v) is 9.61. The van der Waals surface area contributed by atoms with Gasteiger partial charge in [-0.2, -0.15) is 0 Å².